The van der Waals surface area contributed by atoms with E-state index in [-0.39, 0.29) is 11.6 Å². The van der Waals surface area contributed by atoms with E-state index in [9.17, 15) is 4.79 Å². The van der Waals surface area contributed by atoms with Crippen molar-refractivity contribution in [3.63, 3.8) is 0 Å². The van der Waals surface area contributed by atoms with Gasteiger partial charge < -0.3 is 10.6 Å². The van der Waals surface area contributed by atoms with Crippen LogP contribution in [0.1, 0.15) is 16.1 Å². The molecule has 0 saturated heterocycles. The second-order valence-electron chi connectivity index (χ2n) is 5.24. The maximum absolute atomic E-state index is 12.2. The summed E-state index contributed by atoms with van der Waals surface area (Å²) in [5.74, 6) is 0.285. The predicted molar refractivity (Wildman–Crippen MR) is 98.6 cm³/mol. The van der Waals surface area contributed by atoms with Gasteiger partial charge in [0.1, 0.15) is 11.5 Å². The highest BCUT2D eigenvalue weighted by atomic mass is 79.9. The molecule has 24 heavy (non-hydrogen) atoms. The van der Waals surface area contributed by atoms with Crippen LogP contribution in [0.3, 0.4) is 0 Å². The Labute approximate surface area is 148 Å². The largest absolute Gasteiger partial charge is 0.339 e. The van der Waals surface area contributed by atoms with Crippen LogP contribution in [-0.2, 0) is 0 Å². The SMILES string of the molecule is Cc1cccc(NC(=O)c2cnc(Nc3ccc(Br)cc3)cn2)c1. The van der Waals surface area contributed by atoms with Gasteiger partial charge in [0, 0.05) is 15.8 Å². The molecule has 1 amide bonds. The van der Waals surface area contributed by atoms with Crippen molar-refractivity contribution in [2.45, 2.75) is 6.92 Å². The molecule has 0 spiro atoms. The molecule has 3 rings (SSSR count). The zero-order valence-electron chi connectivity index (χ0n) is 13.0. The topological polar surface area (TPSA) is 66.9 Å². The van der Waals surface area contributed by atoms with Crippen molar-refractivity contribution in [1.82, 2.24) is 9.97 Å². The number of halogens is 1. The smallest absolute Gasteiger partial charge is 0.275 e. The van der Waals surface area contributed by atoms with E-state index in [0.29, 0.717) is 5.82 Å². The van der Waals surface area contributed by atoms with Crippen molar-refractivity contribution in [3.8, 4) is 0 Å². The summed E-state index contributed by atoms with van der Waals surface area (Å²) in [4.78, 5) is 20.6. The van der Waals surface area contributed by atoms with Crippen LogP contribution in [0, 0.1) is 6.92 Å². The Hall–Kier alpha value is -2.73. The van der Waals surface area contributed by atoms with Crippen LogP contribution >= 0.6 is 15.9 Å². The van der Waals surface area contributed by atoms with Gasteiger partial charge in [0.2, 0.25) is 0 Å². The van der Waals surface area contributed by atoms with Crippen LogP contribution < -0.4 is 10.6 Å². The summed E-state index contributed by atoms with van der Waals surface area (Å²) in [5.41, 5.74) is 2.97. The maximum atomic E-state index is 12.2. The molecule has 5 nitrogen and oxygen atoms in total. The normalized spacial score (nSPS) is 10.2. The number of aromatic nitrogens is 2. The molecule has 0 aliphatic heterocycles. The monoisotopic (exact) mass is 382 g/mol. The Kier molecular flexibility index (Phi) is 4.86. The number of nitrogens with zero attached hydrogens (tertiary/aromatic N) is 2. The van der Waals surface area contributed by atoms with Crippen LogP contribution in [0.5, 0.6) is 0 Å². The molecule has 0 radical (unpaired) electrons. The minimum atomic E-state index is -0.289. The first-order chi connectivity index (χ1) is 11.6. The van der Waals surface area contributed by atoms with E-state index < -0.39 is 0 Å². The lowest BCUT2D eigenvalue weighted by molar-refractivity contribution is 0.102. The van der Waals surface area contributed by atoms with Gasteiger partial charge in [0.25, 0.3) is 5.91 Å². The molecule has 0 atom stereocenters. The van der Waals surface area contributed by atoms with Gasteiger partial charge in [-0.15, -0.1) is 0 Å². The fourth-order valence-corrected chi connectivity index (χ4v) is 2.37. The fraction of sp³-hybridized carbons (Fsp3) is 0.0556. The van der Waals surface area contributed by atoms with E-state index in [0.717, 1.165) is 21.4 Å². The highest BCUT2D eigenvalue weighted by Gasteiger charge is 2.08. The minimum Gasteiger partial charge on any atom is -0.339 e. The first-order valence-corrected chi connectivity index (χ1v) is 8.12. The third-order valence-electron chi connectivity index (χ3n) is 3.28. The summed E-state index contributed by atoms with van der Waals surface area (Å²) in [5, 5.41) is 5.94. The summed E-state index contributed by atoms with van der Waals surface area (Å²) in [6.07, 6.45) is 2.99. The van der Waals surface area contributed by atoms with Gasteiger partial charge in [-0.25, -0.2) is 9.97 Å². The molecule has 0 aliphatic carbocycles. The number of carbonyl (C=O) groups excluding carboxylic acids is 1. The number of hydrogen-bond acceptors (Lipinski definition) is 4. The zero-order valence-corrected chi connectivity index (χ0v) is 14.5. The molecule has 2 N–H and O–H groups in total. The highest BCUT2D eigenvalue weighted by molar-refractivity contribution is 9.10. The Balaban J connectivity index is 1.67. The highest BCUT2D eigenvalue weighted by Crippen LogP contribution is 2.17. The van der Waals surface area contributed by atoms with Gasteiger partial charge in [0.15, 0.2) is 0 Å². The van der Waals surface area contributed by atoms with Crippen molar-refractivity contribution in [1.29, 1.82) is 0 Å². The van der Waals surface area contributed by atoms with Gasteiger partial charge in [0.05, 0.1) is 12.4 Å². The number of benzene rings is 2. The van der Waals surface area contributed by atoms with E-state index >= 15 is 0 Å². The average Bonchev–Trinajstić information content (AvgIpc) is 2.57. The molecule has 120 valence electrons. The number of rotatable bonds is 4. The number of anilines is 3. The lowest BCUT2D eigenvalue weighted by atomic mass is 10.2. The molecule has 0 saturated carbocycles. The number of aryl methyl sites for hydroxylation is 1. The van der Waals surface area contributed by atoms with E-state index in [1.54, 1.807) is 0 Å². The summed E-state index contributed by atoms with van der Waals surface area (Å²) >= 11 is 3.39. The quantitative estimate of drug-likeness (QED) is 0.694. The van der Waals surface area contributed by atoms with Crippen LogP contribution in [0.25, 0.3) is 0 Å². The molecule has 1 aromatic heterocycles. The third-order valence-corrected chi connectivity index (χ3v) is 3.81. The molecule has 1 heterocycles. The van der Waals surface area contributed by atoms with Gasteiger partial charge >= 0.3 is 0 Å². The summed E-state index contributed by atoms with van der Waals surface area (Å²) in [7, 11) is 0. The zero-order chi connectivity index (χ0) is 16.9. The number of amides is 1. The lowest BCUT2D eigenvalue weighted by Gasteiger charge is -2.07. The summed E-state index contributed by atoms with van der Waals surface area (Å²) in [6, 6.07) is 15.3. The third kappa shape index (κ3) is 4.17. The van der Waals surface area contributed by atoms with E-state index in [1.165, 1.54) is 12.4 Å². The van der Waals surface area contributed by atoms with Crippen molar-refractivity contribution >= 4 is 39.0 Å². The van der Waals surface area contributed by atoms with Crippen LogP contribution in [0.4, 0.5) is 17.2 Å². The maximum Gasteiger partial charge on any atom is 0.275 e. The minimum absolute atomic E-state index is 0.262. The van der Waals surface area contributed by atoms with Crippen molar-refractivity contribution < 1.29 is 4.79 Å². The summed E-state index contributed by atoms with van der Waals surface area (Å²) in [6.45, 7) is 1.97. The number of nitrogens with one attached hydrogen (secondary N) is 2. The molecule has 6 heteroatoms. The van der Waals surface area contributed by atoms with Crippen molar-refractivity contribution in [2.75, 3.05) is 10.6 Å². The van der Waals surface area contributed by atoms with Gasteiger partial charge in [-0.2, -0.15) is 0 Å². The van der Waals surface area contributed by atoms with E-state index in [4.69, 9.17) is 0 Å². The van der Waals surface area contributed by atoms with Crippen molar-refractivity contribution in [2.24, 2.45) is 0 Å². The molecular formula is C18H15BrN4O. The van der Waals surface area contributed by atoms with Crippen LogP contribution in [-0.4, -0.2) is 15.9 Å². The molecule has 2 aromatic carbocycles. The van der Waals surface area contributed by atoms with E-state index in [2.05, 4.69) is 36.5 Å². The van der Waals surface area contributed by atoms with E-state index in [1.807, 2.05) is 55.5 Å². The second-order valence-corrected chi connectivity index (χ2v) is 6.16. The van der Waals surface area contributed by atoms with Gasteiger partial charge in [-0.3, -0.25) is 4.79 Å². The lowest BCUT2D eigenvalue weighted by Crippen LogP contribution is -2.14. The van der Waals surface area contributed by atoms with Crippen LogP contribution in [0.15, 0.2) is 65.4 Å². The first-order valence-electron chi connectivity index (χ1n) is 7.33. The Morgan fingerprint density at radius 3 is 2.46 bits per heavy atom. The summed E-state index contributed by atoms with van der Waals surface area (Å²) < 4.78 is 1.00. The number of carbonyl (C=O) groups is 1. The Morgan fingerprint density at radius 2 is 1.79 bits per heavy atom. The Morgan fingerprint density at radius 1 is 1.00 bits per heavy atom. The molecule has 0 bridgehead atoms. The van der Waals surface area contributed by atoms with Gasteiger partial charge in [-0.1, -0.05) is 28.1 Å². The standard InChI is InChI=1S/C18H15BrN4O/c1-12-3-2-4-15(9-12)23-18(24)16-10-21-17(11-20-16)22-14-7-5-13(19)6-8-14/h2-11H,1H3,(H,21,22)(H,23,24). The fourth-order valence-electron chi connectivity index (χ4n) is 2.11. The van der Waals surface area contributed by atoms with Crippen LogP contribution in [0.2, 0.25) is 0 Å². The molecule has 3 aromatic rings. The second kappa shape index (κ2) is 7.23. The molecule has 0 unspecified atom stereocenters. The predicted octanol–water partition coefficient (Wildman–Crippen LogP) is 4.54. The van der Waals surface area contributed by atoms with Gasteiger partial charge in [-0.05, 0) is 48.9 Å². The first kappa shape index (κ1) is 16.1. The average molecular weight is 383 g/mol. The number of hydrogen-bond donors (Lipinski definition) is 2. The molecular weight excluding hydrogens is 368 g/mol. The van der Waals surface area contributed by atoms with Crippen molar-refractivity contribution in [3.05, 3.63) is 76.7 Å². The molecule has 0 aliphatic rings. The Bertz CT molecular complexity index is 848. The molecule has 0 fully saturated rings.